The van der Waals surface area contributed by atoms with Crippen molar-refractivity contribution in [1.82, 2.24) is 4.98 Å². The van der Waals surface area contributed by atoms with E-state index in [2.05, 4.69) is 10.3 Å². The van der Waals surface area contributed by atoms with E-state index in [1.54, 1.807) is 12.1 Å². The Morgan fingerprint density at radius 1 is 1.00 bits per heavy atom. The number of halogens is 4. The summed E-state index contributed by atoms with van der Waals surface area (Å²) in [5.74, 6) is -1.48. The van der Waals surface area contributed by atoms with Gasteiger partial charge in [-0.15, -0.1) is 0 Å². The van der Waals surface area contributed by atoms with Gasteiger partial charge in [-0.2, -0.15) is 13.2 Å². The lowest BCUT2D eigenvalue weighted by Gasteiger charge is -2.27. The summed E-state index contributed by atoms with van der Waals surface area (Å²) in [5, 5.41) is 3.36. The summed E-state index contributed by atoms with van der Waals surface area (Å²) in [6, 6.07) is 18.7. The van der Waals surface area contributed by atoms with Gasteiger partial charge in [0.2, 0.25) is 5.91 Å². The zero-order valence-corrected chi connectivity index (χ0v) is 18.1. The first-order valence-corrected chi connectivity index (χ1v) is 11.0. The fourth-order valence-corrected chi connectivity index (χ4v) is 5.14. The molecule has 3 heterocycles. The van der Waals surface area contributed by atoms with Gasteiger partial charge in [0.1, 0.15) is 5.69 Å². The van der Waals surface area contributed by atoms with E-state index in [1.165, 1.54) is 12.1 Å². The number of aromatic nitrogens is 1. The van der Waals surface area contributed by atoms with Crippen LogP contribution < -0.4 is 5.32 Å². The number of hydrogen-bond acceptors (Lipinski definition) is 3. The second-order valence-corrected chi connectivity index (χ2v) is 8.74. The molecule has 2 aromatic carbocycles. The van der Waals surface area contributed by atoms with Crippen LogP contribution in [0, 0.1) is 5.92 Å². The molecule has 2 fully saturated rings. The normalized spacial score (nSPS) is 24.1. The van der Waals surface area contributed by atoms with Gasteiger partial charge in [-0.25, -0.2) is 4.98 Å². The predicted octanol–water partition coefficient (Wildman–Crippen LogP) is 6.32. The Hall–Kier alpha value is -2.90. The average Bonchev–Trinajstić information content (AvgIpc) is 3.41. The van der Waals surface area contributed by atoms with Gasteiger partial charge in [-0.1, -0.05) is 54.1 Å². The van der Waals surface area contributed by atoms with Crippen LogP contribution in [-0.2, 0) is 15.7 Å². The Kier molecular flexibility index (Phi) is 5.62. The maximum atomic E-state index is 13.3. The van der Waals surface area contributed by atoms with Crippen molar-refractivity contribution in [3.63, 3.8) is 0 Å². The van der Waals surface area contributed by atoms with Gasteiger partial charge < -0.3 is 10.1 Å². The smallest absolute Gasteiger partial charge is 0.373 e. The molecule has 4 unspecified atom stereocenters. The molecule has 1 N–H and O–H groups in total. The molecule has 0 spiro atoms. The molecule has 0 aliphatic carbocycles. The number of nitrogens with one attached hydrogen (secondary N) is 1. The van der Waals surface area contributed by atoms with Crippen molar-refractivity contribution in [3.8, 4) is 11.1 Å². The van der Waals surface area contributed by atoms with Gasteiger partial charge >= 0.3 is 6.18 Å². The van der Waals surface area contributed by atoms with E-state index < -0.39 is 23.7 Å². The first-order chi connectivity index (χ1) is 15.8. The van der Waals surface area contributed by atoms with Crippen LogP contribution in [0.25, 0.3) is 11.1 Å². The molecule has 3 aromatic rings. The second kappa shape index (κ2) is 8.47. The van der Waals surface area contributed by atoms with Crippen molar-refractivity contribution in [3.05, 3.63) is 83.1 Å². The summed E-state index contributed by atoms with van der Waals surface area (Å²) < 4.78 is 45.5. The maximum Gasteiger partial charge on any atom is 0.433 e. The Morgan fingerprint density at radius 2 is 1.76 bits per heavy atom. The van der Waals surface area contributed by atoms with E-state index in [4.69, 9.17) is 16.3 Å². The fourth-order valence-electron chi connectivity index (χ4n) is 4.85. The number of hydrogen-bond donors (Lipinski definition) is 1. The summed E-state index contributed by atoms with van der Waals surface area (Å²) in [7, 11) is 0. The number of pyridine rings is 1. The number of fused-ring (bicyclic) bond motifs is 2. The highest BCUT2D eigenvalue weighted by atomic mass is 35.5. The lowest BCUT2D eigenvalue weighted by atomic mass is 9.76. The number of benzene rings is 2. The van der Waals surface area contributed by atoms with Gasteiger partial charge in [-0.3, -0.25) is 4.79 Å². The molecule has 8 heteroatoms. The highest BCUT2D eigenvalue weighted by molar-refractivity contribution is 6.33. The third-order valence-electron chi connectivity index (χ3n) is 6.30. The van der Waals surface area contributed by atoms with Crippen LogP contribution in [-0.4, -0.2) is 23.1 Å². The van der Waals surface area contributed by atoms with Crippen LogP contribution in [0.3, 0.4) is 0 Å². The average molecular weight is 473 g/mol. The number of carbonyl (C=O) groups excluding carboxylic acids is 1. The van der Waals surface area contributed by atoms with E-state index >= 15 is 0 Å². The number of anilines is 1. The third kappa shape index (κ3) is 4.23. The number of amides is 1. The van der Waals surface area contributed by atoms with E-state index in [0.29, 0.717) is 23.6 Å². The van der Waals surface area contributed by atoms with E-state index in [9.17, 15) is 18.0 Å². The number of carbonyl (C=O) groups is 1. The Bertz CT molecular complexity index is 1190. The molecule has 2 aliphatic rings. The molecule has 2 bridgehead atoms. The predicted molar refractivity (Wildman–Crippen MR) is 119 cm³/mol. The summed E-state index contributed by atoms with van der Waals surface area (Å²) in [6.45, 7) is 0. The number of ether oxygens (including phenoxy) is 1. The van der Waals surface area contributed by atoms with Crippen molar-refractivity contribution in [2.24, 2.45) is 5.92 Å². The topological polar surface area (TPSA) is 51.2 Å². The van der Waals surface area contributed by atoms with Crippen molar-refractivity contribution < 1.29 is 22.7 Å². The summed E-state index contributed by atoms with van der Waals surface area (Å²) in [5.41, 5.74) is 1.57. The van der Waals surface area contributed by atoms with Gasteiger partial charge in [0.25, 0.3) is 0 Å². The van der Waals surface area contributed by atoms with Crippen molar-refractivity contribution >= 4 is 23.2 Å². The molecule has 4 atom stereocenters. The SMILES string of the molecule is O=C(Nc1ccc(-c2ccccc2)c(Cl)c1)C1C2CCC(O2)C1c1cccc(C(F)(F)F)n1. The molecular weight excluding hydrogens is 453 g/mol. The minimum atomic E-state index is -4.55. The first-order valence-electron chi connectivity index (χ1n) is 10.7. The fraction of sp³-hybridized carbons (Fsp3) is 0.280. The summed E-state index contributed by atoms with van der Waals surface area (Å²) in [4.78, 5) is 17.1. The number of rotatable bonds is 4. The van der Waals surface area contributed by atoms with Gasteiger partial charge in [0.15, 0.2) is 0 Å². The molecule has 5 rings (SSSR count). The van der Waals surface area contributed by atoms with Crippen LogP contribution in [0.15, 0.2) is 66.7 Å². The van der Waals surface area contributed by atoms with E-state index in [0.717, 1.165) is 17.2 Å². The van der Waals surface area contributed by atoms with Crippen molar-refractivity contribution in [1.29, 1.82) is 0 Å². The van der Waals surface area contributed by atoms with Crippen LogP contribution in [0.1, 0.15) is 30.1 Å². The Balaban J connectivity index is 1.39. The lowest BCUT2D eigenvalue weighted by molar-refractivity contribution is -0.141. The largest absolute Gasteiger partial charge is 0.433 e. The minimum absolute atomic E-state index is 0.231. The summed E-state index contributed by atoms with van der Waals surface area (Å²) in [6.07, 6.45) is -3.86. The van der Waals surface area contributed by atoms with Gasteiger partial charge in [0.05, 0.1) is 23.1 Å². The quantitative estimate of drug-likeness (QED) is 0.483. The molecule has 0 saturated carbocycles. The molecule has 1 amide bonds. The highest BCUT2D eigenvalue weighted by Gasteiger charge is 2.53. The van der Waals surface area contributed by atoms with Crippen LogP contribution in [0.2, 0.25) is 5.02 Å². The third-order valence-corrected chi connectivity index (χ3v) is 6.61. The van der Waals surface area contributed by atoms with Crippen LogP contribution >= 0.6 is 11.6 Å². The second-order valence-electron chi connectivity index (χ2n) is 8.34. The Labute approximate surface area is 193 Å². The lowest BCUT2D eigenvalue weighted by Crippen LogP contribution is -2.36. The van der Waals surface area contributed by atoms with Crippen molar-refractivity contribution in [2.75, 3.05) is 5.32 Å². The monoisotopic (exact) mass is 472 g/mol. The maximum absolute atomic E-state index is 13.3. The molecule has 2 saturated heterocycles. The molecule has 170 valence electrons. The number of nitrogens with zero attached hydrogens (tertiary/aromatic N) is 1. The standard InChI is InChI=1S/C25H20ClF3N2O2/c26-17-13-15(9-10-16(17)14-5-2-1-3-6-14)30-24(32)23-20-12-11-19(33-20)22(23)18-7-4-8-21(31-18)25(27,28)29/h1-10,13,19-20,22-23H,11-12H2,(H,30,32). The Morgan fingerprint density at radius 3 is 2.48 bits per heavy atom. The van der Waals surface area contributed by atoms with Crippen LogP contribution in [0.4, 0.5) is 18.9 Å². The highest BCUT2D eigenvalue weighted by Crippen LogP contribution is 2.49. The molecule has 33 heavy (non-hydrogen) atoms. The van der Waals surface area contributed by atoms with E-state index in [1.807, 2.05) is 36.4 Å². The van der Waals surface area contributed by atoms with Crippen LogP contribution in [0.5, 0.6) is 0 Å². The summed E-state index contributed by atoms with van der Waals surface area (Å²) >= 11 is 6.46. The molecule has 1 aromatic heterocycles. The first kappa shape index (κ1) is 21.9. The molecule has 4 nitrogen and oxygen atoms in total. The van der Waals surface area contributed by atoms with Gasteiger partial charge in [0, 0.05) is 22.9 Å². The van der Waals surface area contributed by atoms with Gasteiger partial charge in [-0.05, 0) is 42.7 Å². The molecule has 0 radical (unpaired) electrons. The number of alkyl halides is 3. The van der Waals surface area contributed by atoms with Crippen molar-refractivity contribution in [2.45, 2.75) is 37.1 Å². The zero-order valence-electron chi connectivity index (χ0n) is 17.4. The van der Waals surface area contributed by atoms with E-state index in [-0.39, 0.29) is 23.8 Å². The molecule has 2 aliphatic heterocycles. The minimum Gasteiger partial charge on any atom is -0.373 e. The molecular formula is C25H20ClF3N2O2. The zero-order chi connectivity index (χ0) is 23.2.